The Kier molecular flexibility index (Phi) is 6.21. The van der Waals surface area contributed by atoms with Crippen LogP contribution in [0.3, 0.4) is 0 Å². The zero-order chi connectivity index (χ0) is 21.2. The fraction of sp³-hybridized carbons (Fsp3) is 0.526. The van der Waals surface area contributed by atoms with Crippen molar-refractivity contribution in [2.75, 3.05) is 13.2 Å². The Hall–Kier alpha value is -2.49. The third-order valence-electron chi connectivity index (χ3n) is 4.80. The molecular weight excluding hydrogens is 394 g/mol. The van der Waals surface area contributed by atoms with E-state index in [0.29, 0.717) is 50.1 Å². The molecule has 1 aromatic heterocycles. The summed E-state index contributed by atoms with van der Waals surface area (Å²) in [6, 6.07) is 0.957. The SMILES string of the molecule is CC(C)c1noc(C(NC(=O)c2cc(C(F)(F)F)ccc2F)C2CCOCC2)n1. The Morgan fingerprint density at radius 1 is 1.24 bits per heavy atom. The minimum Gasteiger partial charge on any atom is -0.381 e. The minimum absolute atomic E-state index is 0.0144. The van der Waals surface area contributed by atoms with Gasteiger partial charge >= 0.3 is 6.18 Å². The first kappa shape index (κ1) is 21.2. The van der Waals surface area contributed by atoms with Crippen molar-refractivity contribution in [3.8, 4) is 0 Å². The molecule has 0 aliphatic carbocycles. The predicted octanol–water partition coefficient (Wildman–Crippen LogP) is 4.25. The standard InChI is InChI=1S/C19H21F4N3O3/c1-10(2)16-25-18(29-26-16)15(11-5-7-28-8-6-11)24-17(27)13-9-12(19(21,22)23)3-4-14(13)20/h3-4,9-11,15H,5-8H2,1-2H3,(H,24,27). The Morgan fingerprint density at radius 3 is 2.52 bits per heavy atom. The summed E-state index contributed by atoms with van der Waals surface area (Å²) in [5, 5.41) is 6.48. The van der Waals surface area contributed by atoms with Crippen molar-refractivity contribution in [2.24, 2.45) is 5.92 Å². The monoisotopic (exact) mass is 415 g/mol. The average Bonchev–Trinajstić information content (AvgIpc) is 3.16. The fourth-order valence-corrected chi connectivity index (χ4v) is 3.13. The van der Waals surface area contributed by atoms with Crippen LogP contribution < -0.4 is 5.32 Å². The molecule has 1 aliphatic heterocycles. The number of nitrogens with zero attached hydrogens (tertiary/aromatic N) is 2. The van der Waals surface area contributed by atoms with E-state index in [1.165, 1.54) is 0 Å². The van der Waals surface area contributed by atoms with E-state index in [2.05, 4.69) is 15.5 Å². The maximum atomic E-state index is 14.1. The molecule has 1 atom stereocenters. The molecule has 0 radical (unpaired) electrons. The number of rotatable bonds is 5. The Bertz CT molecular complexity index is 861. The summed E-state index contributed by atoms with van der Waals surface area (Å²) in [7, 11) is 0. The first-order chi connectivity index (χ1) is 13.7. The van der Waals surface area contributed by atoms with Crippen LogP contribution in [0, 0.1) is 11.7 Å². The summed E-state index contributed by atoms with van der Waals surface area (Å²) in [6.07, 6.45) is -3.54. The van der Waals surface area contributed by atoms with Crippen LogP contribution in [0.5, 0.6) is 0 Å². The number of alkyl halides is 3. The van der Waals surface area contributed by atoms with Crippen molar-refractivity contribution in [3.05, 3.63) is 46.9 Å². The number of carbonyl (C=O) groups excluding carboxylic acids is 1. The van der Waals surface area contributed by atoms with E-state index >= 15 is 0 Å². The lowest BCUT2D eigenvalue weighted by atomic mass is 9.91. The van der Waals surface area contributed by atoms with Crippen molar-refractivity contribution in [1.29, 1.82) is 0 Å². The summed E-state index contributed by atoms with van der Waals surface area (Å²) in [5.41, 5.74) is -1.80. The van der Waals surface area contributed by atoms with Gasteiger partial charge in [0, 0.05) is 19.1 Å². The molecule has 2 heterocycles. The summed E-state index contributed by atoms with van der Waals surface area (Å²) in [6.45, 7) is 4.66. The van der Waals surface area contributed by atoms with Gasteiger partial charge in [-0.1, -0.05) is 19.0 Å². The van der Waals surface area contributed by atoms with Crippen molar-refractivity contribution in [1.82, 2.24) is 15.5 Å². The Balaban J connectivity index is 1.90. The summed E-state index contributed by atoms with van der Waals surface area (Å²) in [5.74, 6) is -1.59. The van der Waals surface area contributed by atoms with E-state index in [4.69, 9.17) is 9.26 Å². The second-order valence-electron chi connectivity index (χ2n) is 7.24. The average molecular weight is 415 g/mol. The van der Waals surface area contributed by atoms with Gasteiger partial charge in [0.1, 0.15) is 11.9 Å². The maximum absolute atomic E-state index is 14.1. The van der Waals surface area contributed by atoms with E-state index in [-0.39, 0.29) is 17.7 Å². The summed E-state index contributed by atoms with van der Waals surface area (Å²) >= 11 is 0. The van der Waals surface area contributed by atoms with Crippen molar-refractivity contribution in [2.45, 2.75) is 44.8 Å². The summed E-state index contributed by atoms with van der Waals surface area (Å²) in [4.78, 5) is 17.0. The van der Waals surface area contributed by atoms with Gasteiger partial charge in [-0.25, -0.2) is 4.39 Å². The lowest BCUT2D eigenvalue weighted by molar-refractivity contribution is -0.137. The molecule has 1 aliphatic rings. The van der Waals surface area contributed by atoms with Gasteiger partial charge in [-0.05, 0) is 37.0 Å². The molecule has 1 amide bonds. The molecule has 29 heavy (non-hydrogen) atoms. The number of carbonyl (C=O) groups is 1. The van der Waals surface area contributed by atoms with Crippen LogP contribution in [-0.2, 0) is 10.9 Å². The lowest BCUT2D eigenvalue weighted by Gasteiger charge is -2.28. The van der Waals surface area contributed by atoms with E-state index < -0.39 is 35.1 Å². The molecule has 2 aromatic rings. The molecule has 1 fully saturated rings. The number of aromatic nitrogens is 2. The molecule has 0 spiro atoms. The third kappa shape index (κ3) is 4.92. The quantitative estimate of drug-likeness (QED) is 0.739. The predicted molar refractivity (Wildman–Crippen MR) is 93.5 cm³/mol. The Labute approximate surface area is 164 Å². The highest BCUT2D eigenvalue weighted by molar-refractivity contribution is 5.94. The van der Waals surface area contributed by atoms with Crippen molar-refractivity contribution < 1.29 is 31.6 Å². The van der Waals surface area contributed by atoms with Gasteiger partial charge in [-0.2, -0.15) is 18.2 Å². The number of benzene rings is 1. The molecule has 3 rings (SSSR count). The molecule has 1 N–H and O–H groups in total. The van der Waals surface area contributed by atoms with Crippen molar-refractivity contribution >= 4 is 5.91 Å². The number of hydrogen-bond donors (Lipinski definition) is 1. The normalized spacial score (nSPS) is 16.8. The maximum Gasteiger partial charge on any atom is 0.416 e. The van der Waals surface area contributed by atoms with Gasteiger partial charge in [-0.15, -0.1) is 0 Å². The van der Waals surface area contributed by atoms with Crippen LogP contribution in [0.1, 0.15) is 66.3 Å². The molecule has 1 aromatic carbocycles. The third-order valence-corrected chi connectivity index (χ3v) is 4.80. The summed E-state index contributed by atoms with van der Waals surface area (Å²) < 4.78 is 63.6. The van der Waals surface area contributed by atoms with E-state index in [1.807, 2.05) is 13.8 Å². The topological polar surface area (TPSA) is 77.2 Å². The Morgan fingerprint density at radius 2 is 1.93 bits per heavy atom. The minimum atomic E-state index is -4.69. The second kappa shape index (κ2) is 8.48. The van der Waals surface area contributed by atoms with Crippen LogP contribution in [0.15, 0.2) is 22.7 Å². The lowest BCUT2D eigenvalue weighted by Crippen LogP contribution is -2.36. The van der Waals surface area contributed by atoms with Crippen molar-refractivity contribution in [3.63, 3.8) is 0 Å². The molecular formula is C19H21F4N3O3. The highest BCUT2D eigenvalue weighted by Gasteiger charge is 2.35. The zero-order valence-electron chi connectivity index (χ0n) is 15.9. The van der Waals surface area contributed by atoms with E-state index in [0.717, 1.165) is 0 Å². The molecule has 1 saturated heterocycles. The molecule has 0 saturated carbocycles. The van der Waals surface area contributed by atoms with Gasteiger partial charge in [0.15, 0.2) is 5.82 Å². The number of amides is 1. The number of ether oxygens (including phenoxy) is 1. The number of hydrogen-bond acceptors (Lipinski definition) is 5. The van der Waals surface area contributed by atoms with Gasteiger partial charge in [0.25, 0.3) is 5.91 Å². The van der Waals surface area contributed by atoms with Gasteiger partial charge < -0.3 is 14.6 Å². The molecule has 10 heteroatoms. The van der Waals surface area contributed by atoms with Gasteiger partial charge in [0.05, 0.1) is 11.1 Å². The largest absolute Gasteiger partial charge is 0.416 e. The van der Waals surface area contributed by atoms with Crippen LogP contribution in [-0.4, -0.2) is 29.3 Å². The van der Waals surface area contributed by atoms with Crippen LogP contribution in [0.2, 0.25) is 0 Å². The first-order valence-electron chi connectivity index (χ1n) is 9.25. The van der Waals surface area contributed by atoms with Gasteiger partial charge in [0.2, 0.25) is 5.89 Å². The smallest absolute Gasteiger partial charge is 0.381 e. The number of halogens is 4. The van der Waals surface area contributed by atoms with Gasteiger partial charge in [-0.3, -0.25) is 4.79 Å². The van der Waals surface area contributed by atoms with Crippen LogP contribution in [0.4, 0.5) is 17.6 Å². The highest BCUT2D eigenvalue weighted by atomic mass is 19.4. The first-order valence-corrected chi connectivity index (χ1v) is 9.25. The molecule has 0 bridgehead atoms. The molecule has 158 valence electrons. The van der Waals surface area contributed by atoms with E-state index in [1.54, 1.807) is 0 Å². The molecule has 1 unspecified atom stereocenters. The van der Waals surface area contributed by atoms with Crippen LogP contribution in [0.25, 0.3) is 0 Å². The second-order valence-corrected chi connectivity index (χ2v) is 7.24. The van der Waals surface area contributed by atoms with Crippen LogP contribution >= 0.6 is 0 Å². The molecule has 6 nitrogen and oxygen atoms in total. The fourth-order valence-electron chi connectivity index (χ4n) is 3.13. The van der Waals surface area contributed by atoms with E-state index in [9.17, 15) is 22.4 Å². The highest BCUT2D eigenvalue weighted by Crippen LogP contribution is 2.32. The number of nitrogens with one attached hydrogen (secondary N) is 1. The zero-order valence-corrected chi connectivity index (χ0v) is 15.9.